The maximum absolute atomic E-state index is 14.8. The first kappa shape index (κ1) is 26.4. The molecule has 0 unspecified atom stereocenters. The maximum atomic E-state index is 14.8. The van der Waals surface area contributed by atoms with Crippen molar-refractivity contribution in [3.8, 4) is 11.6 Å². The fourth-order valence-electron chi connectivity index (χ4n) is 3.56. The van der Waals surface area contributed by atoms with E-state index in [0.29, 0.717) is 12.8 Å². The second kappa shape index (κ2) is 9.03. The summed E-state index contributed by atoms with van der Waals surface area (Å²) in [6.45, 7) is 2.40. The summed E-state index contributed by atoms with van der Waals surface area (Å²) in [5.41, 5.74) is -3.87. The van der Waals surface area contributed by atoms with Crippen molar-refractivity contribution in [3.05, 3.63) is 64.4 Å². The monoisotopic (exact) mass is 540 g/mol. The Morgan fingerprint density at radius 2 is 1.84 bits per heavy atom. The van der Waals surface area contributed by atoms with E-state index < -0.39 is 61.9 Å². The molecule has 1 saturated carbocycles. The van der Waals surface area contributed by atoms with Crippen LogP contribution in [-0.2, 0) is 21.6 Å². The highest BCUT2D eigenvalue weighted by Gasteiger charge is 2.44. The molecule has 37 heavy (non-hydrogen) atoms. The number of aryl methyl sites for hydroxylation is 1. The van der Waals surface area contributed by atoms with Crippen LogP contribution < -0.4 is 10.1 Å². The number of aromatic nitrogens is 3. The number of hydrogen-bond donors (Lipinski definition) is 2. The molecule has 0 radical (unpaired) electrons. The lowest BCUT2D eigenvalue weighted by atomic mass is 10.1. The Balaban J connectivity index is 1.77. The van der Waals surface area contributed by atoms with Gasteiger partial charge in [0.15, 0.2) is 21.3 Å². The van der Waals surface area contributed by atoms with Crippen LogP contribution in [0.1, 0.15) is 45.7 Å². The molecule has 9 nitrogen and oxygen atoms in total. The van der Waals surface area contributed by atoms with Gasteiger partial charge in [-0.25, -0.2) is 13.4 Å². The Hall–Kier alpha value is -3.65. The number of alkyl halides is 3. The Bertz CT molecular complexity index is 1500. The first-order chi connectivity index (χ1) is 17.1. The van der Waals surface area contributed by atoms with E-state index >= 15 is 0 Å². The molecule has 0 atom stereocenters. The van der Waals surface area contributed by atoms with E-state index in [1.165, 1.54) is 31.2 Å². The molecule has 0 spiro atoms. The molecule has 1 fully saturated rings. The predicted octanol–water partition coefficient (Wildman–Crippen LogP) is 4.08. The highest BCUT2D eigenvalue weighted by molar-refractivity contribution is 7.90. The zero-order valence-electron chi connectivity index (χ0n) is 19.6. The van der Waals surface area contributed by atoms with Gasteiger partial charge in [-0.2, -0.15) is 17.6 Å². The van der Waals surface area contributed by atoms with Crippen molar-refractivity contribution in [2.24, 2.45) is 0 Å². The number of amides is 1. The number of nitrogens with one attached hydrogen (secondary N) is 1. The van der Waals surface area contributed by atoms with E-state index in [9.17, 15) is 35.9 Å². The molecule has 196 valence electrons. The fraction of sp³-hybridized carbons (Fsp3) is 0.304. The average Bonchev–Trinajstić information content (AvgIpc) is 3.53. The standard InChI is InChI=1S/C23H20F4N4O5S/c1-11-9-15(22(33)7-8-22)29-19(24)17(11)36-21-16(12(2)18(30-31-21)23(25,26)27)20(32)28-13-5-4-6-14(10-13)37(3,34)35/h4-6,9-10,33H,7-8H2,1-3H3,(H,28,32). The SMILES string of the molecule is Cc1cc(C2(O)CC2)nc(F)c1Oc1nnc(C(F)(F)F)c(C)c1C(=O)Nc1cccc(S(C)(=O)=O)c1. The Kier molecular flexibility index (Phi) is 6.44. The number of anilines is 1. The Morgan fingerprint density at radius 3 is 2.41 bits per heavy atom. The molecule has 0 bridgehead atoms. The summed E-state index contributed by atoms with van der Waals surface area (Å²) < 4.78 is 84.5. The van der Waals surface area contributed by atoms with Gasteiger partial charge in [0.25, 0.3) is 17.7 Å². The van der Waals surface area contributed by atoms with E-state index in [2.05, 4.69) is 20.5 Å². The zero-order valence-corrected chi connectivity index (χ0v) is 20.5. The Labute approximate surface area is 208 Å². The second-order valence-electron chi connectivity index (χ2n) is 8.68. The summed E-state index contributed by atoms with van der Waals surface area (Å²) in [6, 6.07) is 6.43. The number of aliphatic hydroxyl groups is 1. The number of sulfone groups is 1. The lowest BCUT2D eigenvalue weighted by Gasteiger charge is -2.17. The molecule has 2 N–H and O–H groups in total. The lowest BCUT2D eigenvalue weighted by Crippen LogP contribution is -2.21. The molecule has 0 aliphatic heterocycles. The van der Waals surface area contributed by atoms with Gasteiger partial charge in [0.05, 0.1) is 10.6 Å². The van der Waals surface area contributed by atoms with Crippen LogP contribution in [0, 0.1) is 19.8 Å². The van der Waals surface area contributed by atoms with Crippen LogP contribution in [0.25, 0.3) is 0 Å². The van der Waals surface area contributed by atoms with Gasteiger partial charge in [0, 0.05) is 11.9 Å². The van der Waals surface area contributed by atoms with Gasteiger partial charge in [0.1, 0.15) is 11.2 Å². The fourth-order valence-corrected chi connectivity index (χ4v) is 4.23. The number of pyridine rings is 1. The molecular formula is C23H20F4N4O5S. The second-order valence-corrected chi connectivity index (χ2v) is 10.7. The van der Waals surface area contributed by atoms with Crippen LogP contribution >= 0.6 is 0 Å². The molecule has 2 heterocycles. The topological polar surface area (TPSA) is 131 Å². The molecule has 1 aliphatic carbocycles. The summed E-state index contributed by atoms with van der Waals surface area (Å²) in [4.78, 5) is 16.7. The zero-order chi connectivity index (χ0) is 27.3. The third-order valence-electron chi connectivity index (χ3n) is 5.72. The average molecular weight is 540 g/mol. The summed E-state index contributed by atoms with van der Waals surface area (Å²) in [7, 11) is -3.64. The molecule has 14 heteroatoms. The number of nitrogens with zero attached hydrogens (tertiary/aromatic N) is 3. The number of hydrogen-bond acceptors (Lipinski definition) is 8. The van der Waals surface area contributed by atoms with Crippen molar-refractivity contribution < 1.29 is 40.6 Å². The van der Waals surface area contributed by atoms with Gasteiger partial charge in [-0.1, -0.05) is 6.07 Å². The van der Waals surface area contributed by atoms with Crippen LogP contribution in [0.4, 0.5) is 23.2 Å². The molecular weight excluding hydrogens is 520 g/mol. The molecule has 1 aliphatic rings. The lowest BCUT2D eigenvalue weighted by molar-refractivity contribution is -0.142. The highest BCUT2D eigenvalue weighted by Crippen LogP contribution is 2.45. The molecule has 4 rings (SSSR count). The van der Waals surface area contributed by atoms with Crippen LogP contribution in [0.5, 0.6) is 11.6 Å². The van der Waals surface area contributed by atoms with Crippen molar-refractivity contribution in [1.29, 1.82) is 0 Å². The van der Waals surface area contributed by atoms with Gasteiger partial charge < -0.3 is 15.2 Å². The number of halogens is 4. The maximum Gasteiger partial charge on any atom is 0.435 e. The van der Waals surface area contributed by atoms with Gasteiger partial charge in [-0.3, -0.25) is 4.79 Å². The van der Waals surface area contributed by atoms with Gasteiger partial charge >= 0.3 is 6.18 Å². The van der Waals surface area contributed by atoms with Crippen molar-refractivity contribution in [3.63, 3.8) is 0 Å². The smallest absolute Gasteiger partial charge is 0.432 e. The van der Waals surface area contributed by atoms with Crippen molar-refractivity contribution in [2.75, 3.05) is 11.6 Å². The van der Waals surface area contributed by atoms with E-state index in [1.54, 1.807) is 0 Å². The van der Waals surface area contributed by atoms with Gasteiger partial charge in [0.2, 0.25) is 0 Å². The quantitative estimate of drug-likeness (QED) is 0.353. The van der Waals surface area contributed by atoms with Crippen LogP contribution in [0.2, 0.25) is 0 Å². The number of carbonyl (C=O) groups excluding carboxylic acids is 1. The normalized spacial score (nSPS) is 14.8. The molecule has 1 aromatic carbocycles. The summed E-state index contributed by atoms with van der Waals surface area (Å²) in [6.07, 6.45) is -3.23. The largest absolute Gasteiger partial charge is 0.435 e. The minimum atomic E-state index is -4.97. The molecule has 3 aromatic rings. The van der Waals surface area contributed by atoms with Crippen molar-refractivity contribution in [1.82, 2.24) is 15.2 Å². The van der Waals surface area contributed by atoms with E-state index in [-0.39, 0.29) is 21.8 Å². The summed E-state index contributed by atoms with van der Waals surface area (Å²) in [5.74, 6) is -3.55. The highest BCUT2D eigenvalue weighted by atomic mass is 32.2. The van der Waals surface area contributed by atoms with Gasteiger partial charge in [-0.15, -0.1) is 10.2 Å². The minimum absolute atomic E-state index is 0.0327. The van der Waals surface area contributed by atoms with Crippen LogP contribution in [-0.4, -0.2) is 40.9 Å². The summed E-state index contributed by atoms with van der Waals surface area (Å²) >= 11 is 0. The third kappa shape index (κ3) is 5.39. The van der Waals surface area contributed by atoms with Crippen molar-refractivity contribution in [2.45, 2.75) is 43.4 Å². The first-order valence-electron chi connectivity index (χ1n) is 10.7. The van der Waals surface area contributed by atoms with E-state index in [0.717, 1.165) is 19.2 Å². The first-order valence-corrected chi connectivity index (χ1v) is 12.6. The molecule has 2 aromatic heterocycles. The number of rotatable bonds is 6. The molecule has 0 saturated heterocycles. The van der Waals surface area contributed by atoms with Crippen molar-refractivity contribution >= 4 is 21.4 Å². The minimum Gasteiger partial charge on any atom is -0.432 e. The van der Waals surface area contributed by atoms with Crippen LogP contribution in [0.3, 0.4) is 0 Å². The van der Waals surface area contributed by atoms with E-state index in [1.807, 2.05) is 0 Å². The molecule has 1 amide bonds. The number of benzene rings is 1. The summed E-state index contributed by atoms with van der Waals surface area (Å²) in [5, 5.41) is 19.1. The number of ether oxygens (including phenoxy) is 1. The Morgan fingerprint density at radius 1 is 1.16 bits per heavy atom. The van der Waals surface area contributed by atoms with Gasteiger partial charge in [-0.05, 0) is 62.1 Å². The van der Waals surface area contributed by atoms with E-state index in [4.69, 9.17) is 4.74 Å². The van der Waals surface area contributed by atoms with Crippen LogP contribution in [0.15, 0.2) is 35.2 Å². The number of carbonyl (C=O) groups is 1. The third-order valence-corrected chi connectivity index (χ3v) is 6.83. The predicted molar refractivity (Wildman–Crippen MR) is 121 cm³/mol.